The van der Waals surface area contributed by atoms with E-state index >= 15 is 0 Å². The molecule has 3 nitrogen and oxygen atoms in total. The van der Waals surface area contributed by atoms with E-state index in [0.29, 0.717) is 6.54 Å². The highest BCUT2D eigenvalue weighted by Crippen LogP contribution is 2.13. The zero-order chi connectivity index (χ0) is 13.3. The van der Waals surface area contributed by atoms with Crippen molar-refractivity contribution in [2.75, 3.05) is 13.2 Å². The van der Waals surface area contributed by atoms with E-state index in [-0.39, 0.29) is 0 Å². The Morgan fingerprint density at radius 2 is 1.84 bits per heavy atom. The molecule has 1 heterocycles. The lowest BCUT2D eigenvalue weighted by Gasteiger charge is -2.07. The third-order valence-corrected chi connectivity index (χ3v) is 2.96. The van der Waals surface area contributed by atoms with Crippen LogP contribution in [0.4, 0.5) is 0 Å². The molecule has 2 N–H and O–H groups in total. The number of pyridine rings is 1. The van der Waals surface area contributed by atoms with Gasteiger partial charge in [0.2, 0.25) is 0 Å². The Labute approximate surface area is 114 Å². The molecule has 0 aliphatic heterocycles. The zero-order valence-corrected chi connectivity index (χ0v) is 11.1. The molecule has 0 aliphatic rings. The van der Waals surface area contributed by atoms with Gasteiger partial charge in [0.15, 0.2) is 0 Å². The number of rotatable bonds is 7. The van der Waals surface area contributed by atoms with Crippen LogP contribution in [0.2, 0.25) is 0 Å². The van der Waals surface area contributed by atoms with E-state index in [4.69, 9.17) is 10.5 Å². The summed E-state index contributed by atoms with van der Waals surface area (Å²) in [6.07, 6.45) is 6.61. The third kappa shape index (κ3) is 4.72. The first-order valence-electron chi connectivity index (χ1n) is 6.69. The largest absolute Gasteiger partial charge is 0.494 e. The van der Waals surface area contributed by atoms with Gasteiger partial charge in [0.05, 0.1) is 6.61 Å². The predicted octanol–water partition coefficient (Wildman–Crippen LogP) is 2.59. The van der Waals surface area contributed by atoms with Crippen molar-refractivity contribution in [3.63, 3.8) is 0 Å². The molecule has 100 valence electrons. The molecule has 0 atom stereocenters. The lowest BCUT2D eigenvalue weighted by Crippen LogP contribution is -2.03. The van der Waals surface area contributed by atoms with E-state index in [1.54, 1.807) is 6.20 Å². The van der Waals surface area contributed by atoms with Crippen LogP contribution >= 0.6 is 0 Å². The van der Waals surface area contributed by atoms with Crippen molar-refractivity contribution < 1.29 is 4.74 Å². The molecule has 0 unspecified atom stereocenters. The maximum Gasteiger partial charge on any atom is 0.119 e. The molecule has 1 aromatic carbocycles. The van der Waals surface area contributed by atoms with Gasteiger partial charge in [-0.25, -0.2) is 0 Å². The highest BCUT2D eigenvalue weighted by Gasteiger charge is 1.96. The van der Waals surface area contributed by atoms with E-state index in [2.05, 4.69) is 23.2 Å². The van der Waals surface area contributed by atoms with Gasteiger partial charge in [-0.05, 0) is 55.1 Å². The number of aryl methyl sites for hydroxylation is 1. The molecule has 0 aliphatic carbocycles. The summed E-state index contributed by atoms with van der Waals surface area (Å²) in [4.78, 5) is 4.10. The number of nitrogens with zero attached hydrogens (tertiary/aromatic N) is 1. The fourth-order valence-corrected chi connectivity index (χ4v) is 1.93. The standard InChI is InChI=1S/C16H20N2O/c17-10-9-14-5-7-16(8-6-14)19-12-2-4-15-3-1-11-18-13-15/h1,3,5-8,11,13H,2,4,9-10,12,17H2. The summed E-state index contributed by atoms with van der Waals surface area (Å²) >= 11 is 0. The minimum atomic E-state index is 0.686. The van der Waals surface area contributed by atoms with E-state index < -0.39 is 0 Å². The van der Waals surface area contributed by atoms with Crippen LogP contribution in [-0.4, -0.2) is 18.1 Å². The summed E-state index contributed by atoms with van der Waals surface area (Å²) in [5.41, 5.74) is 8.02. The molecular weight excluding hydrogens is 236 g/mol. The van der Waals surface area contributed by atoms with Gasteiger partial charge in [0.25, 0.3) is 0 Å². The first-order valence-corrected chi connectivity index (χ1v) is 6.69. The third-order valence-electron chi connectivity index (χ3n) is 2.96. The fraction of sp³-hybridized carbons (Fsp3) is 0.312. The van der Waals surface area contributed by atoms with E-state index in [9.17, 15) is 0 Å². The second-order valence-electron chi connectivity index (χ2n) is 4.50. The van der Waals surface area contributed by atoms with Crippen molar-refractivity contribution in [3.8, 4) is 5.75 Å². The van der Waals surface area contributed by atoms with Crippen LogP contribution < -0.4 is 10.5 Å². The molecule has 2 rings (SSSR count). The van der Waals surface area contributed by atoms with Gasteiger partial charge in [0.1, 0.15) is 5.75 Å². The molecule has 1 aromatic heterocycles. The number of ether oxygens (including phenoxy) is 1. The minimum Gasteiger partial charge on any atom is -0.494 e. The fourth-order valence-electron chi connectivity index (χ4n) is 1.93. The Hall–Kier alpha value is -1.87. The highest BCUT2D eigenvalue weighted by atomic mass is 16.5. The Balaban J connectivity index is 1.70. The van der Waals surface area contributed by atoms with Crippen molar-refractivity contribution >= 4 is 0 Å². The first kappa shape index (κ1) is 13.6. The summed E-state index contributed by atoms with van der Waals surface area (Å²) in [6, 6.07) is 12.2. The van der Waals surface area contributed by atoms with Crippen LogP contribution in [-0.2, 0) is 12.8 Å². The molecule has 0 radical (unpaired) electrons. The number of hydrogen-bond acceptors (Lipinski definition) is 3. The molecule has 0 saturated carbocycles. The minimum absolute atomic E-state index is 0.686. The maximum atomic E-state index is 5.71. The van der Waals surface area contributed by atoms with Crippen LogP contribution in [0, 0.1) is 0 Å². The van der Waals surface area contributed by atoms with Crippen LogP contribution in [0.1, 0.15) is 17.5 Å². The van der Waals surface area contributed by atoms with Gasteiger partial charge in [-0.2, -0.15) is 0 Å². The first-order chi connectivity index (χ1) is 9.38. The van der Waals surface area contributed by atoms with Gasteiger partial charge in [-0.1, -0.05) is 18.2 Å². The van der Waals surface area contributed by atoms with E-state index in [1.807, 2.05) is 24.4 Å². The van der Waals surface area contributed by atoms with Crippen molar-refractivity contribution in [2.24, 2.45) is 5.73 Å². The summed E-state index contributed by atoms with van der Waals surface area (Å²) in [6.45, 7) is 1.41. The molecule has 0 amide bonds. The van der Waals surface area contributed by atoms with Gasteiger partial charge < -0.3 is 10.5 Å². The lowest BCUT2D eigenvalue weighted by molar-refractivity contribution is 0.311. The molecule has 0 saturated heterocycles. The Kier molecular flexibility index (Phi) is 5.38. The molecule has 19 heavy (non-hydrogen) atoms. The average molecular weight is 256 g/mol. The van der Waals surface area contributed by atoms with E-state index in [1.165, 1.54) is 11.1 Å². The second-order valence-corrected chi connectivity index (χ2v) is 4.50. The van der Waals surface area contributed by atoms with Crippen LogP contribution in [0.25, 0.3) is 0 Å². The van der Waals surface area contributed by atoms with Crippen molar-refractivity contribution in [1.82, 2.24) is 4.98 Å². The summed E-state index contributed by atoms with van der Waals surface area (Å²) in [7, 11) is 0. The highest BCUT2D eigenvalue weighted by molar-refractivity contribution is 5.27. The number of nitrogens with two attached hydrogens (primary N) is 1. The van der Waals surface area contributed by atoms with Crippen molar-refractivity contribution in [2.45, 2.75) is 19.3 Å². The summed E-state index contributed by atoms with van der Waals surface area (Å²) in [5.74, 6) is 0.923. The van der Waals surface area contributed by atoms with Crippen LogP contribution in [0.5, 0.6) is 5.75 Å². The molecule has 2 aromatic rings. The topological polar surface area (TPSA) is 48.1 Å². The smallest absolute Gasteiger partial charge is 0.119 e. The van der Waals surface area contributed by atoms with Gasteiger partial charge in [0, 0.05) is 12.4 Å². The number of hydrogen-bond donors (Lipinski definition) is 1. The van der Waals surface area contributed by atoms with Crippen molar-refractivity contribution in [1.29, 1.82) is 0 Å². The maximum absolute atomic E-state index is 5.71. The predicted molar refractivity (Wildman–Crippen MR) is 77.3 cm³/mol. The van der Waals surface area contributed by atoms with Gasteiger partial charge in [-0.15, -0.1) is 0 Å². The Bertz CT molecular complexity index is 468. The quantitative estimate of drug-likeness (QED) is 0.775. The van der Waals surface area contributed by atoms with Crippen LogP contribution in [0.15, 0.2) is 48.8 Å². The summed E-state index contributed by atoms with van der Waals surface area (Å²) in [5, 5.41) is 0. The normalized spacial score (nSPS) is 10.4. The molecule has 0 spiro atoms. The van der Waals surface area contributed by atoms with Gasteiger partial charge >= 0.3 is 0 Å². The molecule has 0 fully saturated rings. The Morgan fingerprint density at radius 3 is 2.53 bits per heavy atom. The Morgan fingerprint density at radius 1 is 1.00 bits per heavy atom. The van der Waals surface area contributed by atoms with Gasteiger partial charge in [-0.3, -0.25) is 4.98 Å². The summed E-state index contributed by atoms with van der Waals surface area (Å²) < 4.78 is 5.71. The number of benzene rings is 1. The SMILES string of the molecule is NCCc1ccc(OCCCc2cccnc2)cc1. The molecule has 0 bridgehead atoms. The lowest BCUT2D eigenvalue weighted by atomic mass is 10.1. The number of aromatic nitrogens is 1. The van der Waals surface area contributed by atoms with Crippen molar-refractivity contribution in [3.05, 3.63) is 59.9 Å². The molecular formula is C16H20N2O. The van der Waals surface area contributed by atoms with E-state index in [0.717, 1.165) is 31.6 Å². The van der Waals surface area contributed by atoms with Crippen LogP contribution in [0.3, 0.4) is 0 Å². The monoisotopic (exact) mass is 256 g/mol. The zero-order valence-electron chi connectivity index (χ0n) is 11.1. The second kappa shape index (κ2) is 7.54. The molecule has 3 heteroatoms. The average Bonchev–Trinajstić information content (AvgIpc) is 2.47.